The molecule has 1 N–H and O–H groups in total. The van der Waals surface area contributed by atoms with Crippen LogP contribution in [0.4, 0.5) is 13.6 Å². The highest BCUT2D eigenvalue weighted by atomic mass is 32.2. The highest BCUT2D eigenvalue weighted by molar-refractivity contribution is 7.70. The van der Waals surface area contributed by atoms with Crippen LogP contribution in [0.5, 0.6) is 5.06 Å². The molecule has 3 rings (SSSR count). The predicted octanol–water partition coefficient (Wildman–Crippen LogP) is 3.76. The molecule has 0 aliphatic carbocycles. The third kappa shape index (κ3) is 5.99. The summed E-state index contributed by atoms with van der Waals surface area (Å²) in [5.74, 6) is -0.688. The van der Waals surface area contributed by atoms with Crippen LogP contribution in [0.2, 0.25) is 0 Å². The number of aromatic nitrogens is 2. The van der Waals surface area contributed by atoms with Gasteiger partial charge in [-0.25, -0.2) is 31.3 Å². The molecule has 184 valence electrons. The Morgan fingerprint density at radius 3 is 2.47 bits per heavy atom. The zero-order valence-electron chi connectivity index (χ0n) is 18.8. The highest BCUT2D eigenvalue weighted by Crippen LogP contribution is 2.40. The van der Waals surface area contributed by atoms with Gasteiger partial charge >= 0.3 is 6.09 Å². The Morgan fingerprint density at radius 1 is 1.26 bits per heavy atom. The standard InChI is InChI=1S/C22H25F2N3O5S2/c1-13(2)8-16-11-17(21(33-16)32-22(29)27(6-7-28)34(30)31)15-9-19(23)18(20(24)10-15)12-26-5-4-25-14(26)3/h4-5,9-11,13,28,34H,6-8,12H2,1-3H3. The second kappa shape index (κ2) is 11.1. The zero-order valence-corrected chi connectivity index (χ0v) is 20.5. The first-order chi connectivity index (χ1) is 16.1. The average Bonchev–Trinajstić information content (AvgIpc) is 3.33. The maximum atomic E-state index is 15.0. The van der Waals surface area contributed by atoms with E-state index in [1.54, 1.807) is 23.8 Å². The maximum absolute atomic E-state index is 15.0. The molecule has 0 unspecified atom stereocenters. The number of hydrogen-bond donors (Lipinski definition) is 2. The number of halogens is 2. The van der Waals surface area contributed by atoms with Crippen LogP contribution in [0.25, 0.3) is 11.1 Å². The van der Waals surface area contributed by atoms with E-state index >= 15 is 0 Å². The molecule has 0 radical (unpaired) electrons. The summed E-state index contributed by atoms with van der Waals surface area (Å²) in [7, 11) is -3.34. The van der Waals surface area contributed by atoms with E-state index in [4.69, 9.17) is 9.84 Å². The van der Waals surface area contributed by atoms with Crippen molar-refractivity contribution in [1.82, 2.24) is 13.9 Å². The average molecular weight is 514 g/mol. The van der Waals surface area contributed by atoms with Gasteiger partial charge in [0.25, 0.3) is 0 Å². The minimum Gasteiger partial charge on any atom is -0.398 e. The van der Waals surface area contributed by atoms with Gasteiger partial charge in [-0.1, -0.05) is 13.8 Å². The van der Waals surface area contributed by atoms with Gasteiger partial charge in [0.05, 0.1) is 19.7 Å². The Bertz CT molecular complexity index is 1220. The smallest absolute Gasteiger partial charge is 0.398 e. The van der Waals surface area contributed by atoms with Gasteiger partial charge in [0, 0.05) is 28.4 Å². The van der Waals surface area contributed by atoms with Crippen molar-refractivity contribution in [3.63, 3.8) is 0 Å². The zero-order chi connectivity index (χ0) is 25.0. The van der Waals surface area contributed by atoms with E-state index < -0.39 is 41.8 Å². The number of rotatable bonds is 9. The summed E-state index contributed by atoms with van der Waals surface area (Å²) in [6.45, 7) is 4.61. The van der Waals surface area contributed by atoms with Crippen LogP contribution >= 0.6 is 11.3 Å². The van der Waals surface area contributed by atoms with Crippen molar-refractivity contribution in [3.8, 4) is 16.2 Å². The number of aliphatic hydroxyl groups is 1. The minimum absolute atomic E-state index is 0.0115. The van der Waals surface area contributed by atoms with Crippen LogP contribution in [-0.2, 0) is 23.9 Å². The molecule has 0 saturated carbocycles. The first-order valence-corrected chi connectivity index (χ1v) is 12.4. The minimum atomic E-state index is -3.34. The molecule has 2 heterocycles. The molecule has 0 aliphatic heterocycles. The van der Waals surface area contributed by atoms with Gasteiger partial charge in [-0.2, -0.15) is 0 Å². The van der Waals surface area contributed by atoms with Crippen molar-refractivity contribution in [2.24, 2.45) is 5.92 Å². The highest BCUT2D eigenvalue weighted by Gasteiger charge is 2.23. The predicted molar refractivity (Wildman–Crippen MR) is 124 cm³/mol. The van der Waals surface area contributed by atoms with E-state index in [-0.39, 0.29) is 34.2 Å². The lowest BCUT2D eigenvalue weighted by molar-refractivity contribution is 0.172. The molecule has 2 aromatic heterocycles. The molecule has 0 atom stereocenters. The first-order valence-electron chi connectivity index (χ1n) is 10.4. The van der Waals surface area contributed by atoms with Gasteiger partial charge in [-0.15, -0.1) is 11.3 Å². The number of carbonyl (C=O) groups is 1. The summed E-state index contributed by atoms with van der Waals surface area (Å²) in [6.07, 6.45) is 2.57. The summed E-state index contributed by atoms with van der Waals surface area (Å²) < 4.78 is 59.9. The number of aryl methyl sites for hydroxylation is 1. The second-order valence-corrected chi connectivity index (χ2v) is 10.0. The molecule has 8 nitrogen and oxygen atoms in total. The summed E-state index contributed by atoms with van der Waals surface area (Å²) >= 11 is 1.09. The summed E-state index contributed by atoms with van der Waals surface area (Å²) in [5.41, 5.74) is 0.274. The Labute approximate surface area is 201 Å². The van der Waals surface area contributed by atoms with Crippen LogP contribution < -0.4 is 4.74 Å². The van der Waals surface area contributed by atoms with Crippen LogP contribution in [0.3, 0.4) is 0 Å². The summed E-state index contributed by atoms with van der Waals surface area (Å²) in [6, 6.07) is 3.99. The fraction of sp³-hybridized carbons (Fsp3) is 0.364. The molecular formula is C22H25F2N3O5S2. The molecule has 0 bridgehead atoms. The lowest BCUT2D eigenvalue weighted by Gasteiger charge is -2.14. The van der Waals surface area contributed by atoms with Crippen molar-refractivity contribution in [2.75, 3.05) is 13.2 Å². The molecule has 34 heavy (non-hydrogen) atoms. The van der Waals surface area contributed by atoms with Gasteiger partial charge in [0.2, 0.25) is 10.9 Å². The number of carbonyl (C=O) groups excluding carboxylic acids is 1. The molecule has 12 heteroatoms. The number of nitrogens with zero attached hydrogens (tertiary/aromatic N) is 3. The van der Waals surface area contributed by atoms with Gasteiger partial charge in [0.1, 0.15) is 17.5 Å². The van der Waals surface area contributed by atoms with Crippen molar-refractivity contribution in [3.05, 3.63) is 58.5 Å². The molecule has 1 amide bonds. The second-order valence-electron chi connectivity index (χ2n) is 7.99. The Hall–Kier alpha value is -2.83. The molecule has 0 aliphatic rings. The largest absolute Gasteiger partial charge is 0.429 e. The van der Waals surface area contributed by atoms with Crippen molar-refractivity contribution < 1.29 is 31.8 Å². The molecule has 0 spiro atoms. The fourth-order valence-electron chi connectivity index (χ4n) is 3.32. The van der Waals surface area contributed by atoms with Crippen LogP contribution in [-0.4, -0.2) is 46.6 Å². The van der Waals surface area contributed by atoms with Gasteiger partial charge in [0.15, 0.2) is 5.06 Å². The lowest BCUT2D eigenvalue weighted by atomic mass is 10.0. The number of hydrogen-bond acceptors (Lipinski definition) is 7. The van der Waals surface area contributed by atoms with Gasteiger partial charge in [-0.3, -0.25) is 0 Å². The van der Waals surface area contributed by atoms with Crippen molar-refractivity contribution in [2.45, 2.75) is 33.7 Å². The van der Waals surface area contributed by atoms with E-state index in [2.05, 4.69) is 4.98 Å². The topological polar surface area (TPSA) is 102 Å². The molecular weight excluding hydrogens is 488 g/mol. The number of ether oxygens (including phenoxy) is 1. The quantitative estimate of drug-likeness (QED) is 0.423. The number of thiophene rings is 1. The maximum Gasteiger partial charge on any atom is 0.429 e. The molecule has 1 aromatic carbocycles. The molecule has 0 fully saturated rings. The number of benzene rings is 1. The van der Waals surface area contributed by atoms with Crippen LogP contribution in [0, 0.1) is 24.5 Å². The van der Waals surface area contributed by atoms with E-state index in [9.17, 15) is 22.0 Å². The van der Waals surface area contributed by atoms with E-state index in [0.29, 0.717) is 16.6 Å². The lowest BCUT2D eigenvalue weighted by Crippen LogP contribution is -2.34. The summed E-state index contributed by atoms with van der Waals surface area (Å²) in [4.78, 5) is 17.3. The third-order valence-corrected chi connectivity index (χ3v) is 6.76. The Balaban J connectivity index is 2.00. The number of imidazole rings is 1. The fourth-order valence-corrected chi connectivity index (χ4v) is 4.98. The van der Waals surface area contributed by atoms with Crippen LogP contribution in [0.15, 0.2) is 30.6 Å². The van der Waals surface area contributed by atoms with E-state index in [0.717, 1.165) is 28.3 Å². The number of aliphatic hydroxyl groups excluding tert-OH is 1. The first kappa shape index (κ1) is 25.8. The normalized spacial score (nSPS) is 11.4. The summed E-state index contributed by atoms with van der Waals surface area (Å²) in [5, 5.41) is 9.04. The van der Waals surface area contributed by atoms with E-state index in [1.165, 1.54) is 6.20 Å². The van der Waals surface area contributed by atoms with Crippen LogP contribution in [0.1, 0.15) is 30.1 Å². The SMILES string of the molecule is Cc1nccn1Cc1c(F)cc(-c2cc(CC(C)C)sc2OC(=O)N(CCO)[SH](=O)=O)cc1F. The molecule has 3 aromatic rings. The van der Waals surface area contributed by atoms with E-state index in [1.807, 2.05) is 13.8 Å². The van der Waals surface area contributed by atoms with Gasteiger partial charge in [-0.05, 0) is 43.0 Å². The van der Waals surface area contributed by atoms with Gasteiger partial charge < -0.3 is 14.4 Å². The Morgan fingerprint density at radius 2 is 1.94 bits per heavy atom. The molecule has 0 saturated heterocycles. The van der Waals surface area contributed by atoms with Crippen molar-refractivity contribution >= 4 is 28.3 Å². The number of thiol groups is 1. The van der Waals surface area contributed by atoms with Crippen molar-refractivity contribution in [1.29, 1.82) is 0 Å². The Kier molecular flexibility index (Phi) is 8.39. The number of amides is 1. The monoisotopic (exact) mass is 513 g/mol. The third-order valence-electron chi connectivity index (χ3n) is 4.96.